The molecule has 0 amide bonds. The first kappa shape index (κ1) is 15.6. The van der Waals surface area contributed by atoms with E-state index in [9.17, 15) is 0 Å². The fourth-order valence-electron chi connectivity index (χ4n) is 2.38. The lowest BCUT2D eigenvalue weighted by molar-refractivity contribution is -0.159. The number of aromatic nitrogens is 1. The summed E-state index contributed by atoms with van der Waals surface area (Å²) in [5.74, 6) is -2.60. The highest BCUT2D eigenvalue weighted by Crippen LogP contribution is 2.34. The molecule has 1 aliphatic heterocycles. The highest BCUT2D eigenvalue weighted by atomic mass is 16.4. The van der Waals surface area contributed by atoms with Crippen molar-refractivity contribution in [3.8, 4) is 0 Å². The number of rotatable bonds is 0. The Morgan fingerprint density at radius 1 is 1.27 bits per heavy atom. The number of hydrogen-bond acceptors (Lipinski definition) is 5. The normalized spacial score (nSPS) is 12.5. The molecule has 0 radical (unpaired) electrons. The molecule has 0 spiro atoms. The highest BCUT2D eigenvalue weighted by molar-refractivity contribution is 6.27. The lowest BCUT2D eigenvalue weighted by Crippen LogP contribution is -2.13. The zero-order chi connectivity index (χ0) is 16.4. The molecule has 0 bridgehead atoms. The second-order valence-electron chi connectivity index (χ2n) is 5.13. The molecule has 7 heteroatoms. The summed E-state index contributed by atoms with van der Waals surface area (Å²) in [6, 6.07) is 6.25. The van der Waals surface area contributed by atoms with Crippen LogP contribution in [0.15, 0.2) is 18.2 Å². The Morgan fingerprint density at radius 3 is 2.50 bits per heavy atom. The van der Waals surface area contributed by atoms with Gasteiger partial charge in [0.25, 0.3) is 0 Å². The van der Waals surface area contributed by atoms with Crippen molar-refractivity contribution in [3.05, 3.63) is 29.3 Å². The van der Waals surface area contributed by atoms with E-state index in [4.69, 9.17) is 25.5 Å². The smallest absolute Gasteiger partial charge is 0.414 e. The van der Waals surface area contributed by atoms with Crippen LogP contribution >= 0.6 is 0 Å². The van der Waals surface area contributed by atoms with Crippen LogP contribution in [-0.4, -0.2) is 40.7 Å². The summed E-state index contributed by atoms with van der Waals surface area (Å²) in [5, 5.41) is 15.9. The van der Waals surface area contributed by atoms with Crippen LogP contribution in [0.5, 0.6) is 0 Å². The molecule has 0 aliphatic carbocycles. The molecule has 0 atom stereocenters. The standard InChI is InChI=1S/C13H15N3.C2H2O4/c1-8-3-4-11-10(7-8)12(14)9-5-6-16(2)13(9)15-11;3-1(4)2(5)6/h3-4,7H,5-6H2,1-2H3,(H2,14,15);(H,3,4)(H,5,6). The number of nitrogen functional groups attached to an aromatic ring is 1. The molecule has 1 aromatic heterocycles. The SMILES string of the molecule is Cc1ccc2nc3c(c(N)c2c1)CCN3C.O=C(O)C(=O)O. The number of hydrogen-bond donors (Lipinski definition) is 3. The molecule has 4 N–H and O–H groups in total. The van der Waals surface area contributed by atoms with Gasteiger partial charge in [0.15, 0.2) is 0 Å². The minimum Gasteiger partial charge on any atom is -0.473 e. The lowest BCUT2D eigenvalue weighted by atomic mass is 10.1. The van der Waals surface area contributed by atoms with Gasteiger partial charge < -0.3 is 20.8 Å². The summed E-state index contributed by atoms with van der Waals surface area (Å²) < 4.78 is 0. The van der Waals surface area contributed by atoms with Crippen molar-refractivity contribution in [2.75, 3.05) is 24.2 Å². The van der Waals surface area contributed by atoms with Crippen molar-refractivity contribution in [2.45, 2.75) is 13.3 Å². The minimum absolute atomic E-state index is 0.910. The lowest BCUT2D eigenvalue weighted by Gasteiger charge is -2.13. The van der Waals surface area contributed by atoms with Gasteiger partial charge in [0.05, 0.1) is 5.52 Å². The van der Waals surface area contributed by atoms with Gasteiger partial charge in [-0.2, -0.15) is 0 Å². The summed E-state index contributed by atoms with van der Waals surface area (Å²) in [4.78, 5) is 25.1. The molecule has 1 aliphatic rings. The molecular weight excluding hydrogens is 286 g/mol. The fraction of sp³-hybridized carbons (Fsp3) is 0.267. The number of carboxylic acids is 2. The summed E-state index contributed by atoms with van der Waals surface area (Å²) in [5.41, 5.74) is 10.6. The maximum atomic E-state index is 9.10. The number of aryl methyl sites for hydroxylation is 1. The second kappa shape index (κ2) is 5.88. The molecule has 0 fully saturated rings. The van der Waals surface area contributed by atoms with Gasteiger partial charge in [-0.25, -0.2) is 14.6 Å². The van der Waals surface area contributed by atoms with Crippen LogP contribution in [0.25, 0.3) is 10.9 Å². The Balaban J connectivity index is 0.000000254. The zero-order valence-electron chi connectivity index (χ0n) is 12.3. The second-order valence-corrected chi connectivity index (χ2v) is 5.13. The van der Waals surface area contributed by atoms with E-state index in [0.717, 1.165) is 35.4 Å². The summed E-state index contributed by atoms with van der Waals surface area (Å²) in [7, 11) is 2.07. The molecule has 0 saturated carbocycles. The van der Waals surface area contributed by atoms with Crippen LogP contribution in [0.4, 0.5) is 11.5 Å². The zero-order valence-corrected chi connectivity index (χ0v) is 12.3. The molecule has 1 aromatic carbocycles. The first-order valence-corrected chi connectivity index (χ1v) is 6.67. The van der Waals surface area contributed by atoms with Gasteiger partial charge in [-0.05, 0) is 25.5 Å². The van der Waals surface area contributed by atoms with Crippen molar-refractivity contribution >= 4 is 34.3 Å². The van der Waals surface area contributed by atoms with Crippen molar-refractivity contribution in [1.82, 2.24) is 4.98 Å². The average molecular weight is 303 g/mol. The number of anilines is 2. The summed E-state index contributed by atoms with van der Waals surface area (Å²) in [6.45, 7) is 3.10. The van der Waals surface area contributed by atoms with E-state index in [0.29, 0.717) is 0 Å². The van der Waals surface area contributed by atoms with E-state index in [2.05, 4.69) is 36.0 Å². The summed E-state index contributed by atoms with van der Waals surface area (Å²) >= 11 is 0. The van der Waals surface area contributed by atoms with E-state index in [1.165, 1.54) is 11.1 Å². The van der Waals surface area contributed by atoms with E-state index >= 15 is 0 Å². The van der Waals surface area contributed by atoms with Gasteiger partial charge >= 0.3 is 11.9 Å². The van der Waals surface area contributed by atoms with Crippen LogP contribution in [0, 0.1) is 6.92 Å². The average Bonchev–Trinajstić information content (AvgIpc) is 2.82. The van der Waals surface area contributed by atoms with Crippen LogP contribution in [0.1, 0.15) is 11.1 Å². The minimum atomic E-state index is -1.82. The van der Waals surface area contributed by atoms with Crippen molar-refractivity contribution in [3.63, 3.8) is 0 Å². The topological polar surface area (TPSA) is 117 Å². The first-order valence-electron chi connectivity index (χ1n) is 6.67. The quantitative estimate of drug-likeness (QED) is 0.627. The van der Waals surface area contributed by atoms with Gasteiger partial charge in [-0.3, -0.25) is 0 Å². The molecule has 0 unspecified atom stereocenters. The van der Waals surface area contributed by atoms with Crippen LogP contribution in [-0.2, 0) is 16.0 Å². The number of fused-ring (bicyclic) bond motifs is 2. The van der Waals surface area contributed by atoms with Crippen molar-refractivity contribution in [2.24, 2.45) is 0 Å². The molecular formula is C15H17N3O4. The fourth-order valence-corrected chi connectivity index (χ4v) is 2.38. The monoisotopic (exact) mass is 303 g/mol. The molecule has 2 aromatic rings. The Hall–Kier alpha value is -2.83. The number of carboxylic acid groups (broad SMARTS) is 2. The van der Waals surface area contributed by atoms with E-state index in [1.807, 2.05) is 6.07 Å². The van der Waals surface area contributed by atoms with Crippen LogP contribution in [0.2, 0.25) is 0 Å². The third-order valence-electron chi connectivity index (χ3n) is 3.51. The van der Waals surface area contributed by atoms with Gasteiger partial charge in [-0.1, -0.05) is 11.6 Å². The first-order chi connectivity index (χ1) is 10.3. The predicted molar refractivity (Wildman–Crippen MR) is 83.1 cm³/mol. The number of nitrogens with zero attached hydrogens (tertiary/aromatic N) is 2. The largest absolute Gasteiger partial charge is 0.473 e. The predicted octanol–water partition coefficient (Wildman–Crippen LogP) is 1.27. The molecule has 22 heavy (non-hydrogen) atoms. The van der Waals surface area contributed by atoms with Gasteiger partial charge in [0.2, 0.25) is 0 Å². The van der Waals surface area contributed by atoms with Crippen LogP contribution < -0.4 is 10.6 Å². The summed E-state index contributed by atoms with van der Waals surface area (Å²) in [6.07, 6.45) is 1.01. The molecule has 7 nitrogen and oxygen atoms in total. The highest BCUT2D eigenvalue weighted by Gasteiger charge is 2.21. The van der Waals surface area contributed by atoms with E-state index in [1.54, 1.807) is 0 Å². The molecule has 2 heterocycles. The number of carbonyl (C=O) groups is 2. The molecule has 116 valence electrons. The third-order valence-corrected chi connectivity index (χ3v) is 3.51. The van der Waals surface area contributed by atoms with Gasteiger partial charge in [0.1, 0.15) is 5.82 Å². The van der Waals surface area contributed by atoms with E-state index in [-0.39, 0.29) is 0 Å². The number of likely N-dealkylation sites (N-methyl/N-ethyl adjacent to an activating group) is 1. The maximum Gasteiger partial charge on any atom is 0.414 e. The maximum absolute atomic E-state index is 9.10. The van der Waals surface area contributed by atoms with Gasteiger partial charge in [0, 0.05) is 30.2 Å². The molecule has 3 rings (SSSR count). The Kier molecular flexibility index (Phi) is 4.16. The van der Waals surface area contributed by atoms with Crippen molar-refractivity contribution in [1.29, 1.82) is 0 Å². The van der Waals surface area contributed by atoms with Gasteiger partial charge in [-0.15, -0.1) is 0 Å². The third kappa shape index (κ3) is 2.93. The Labute approximate surface area is 127 Å². The van der Waals surface area contributed by atoms with Crippen LogP contribution in [0.3, 0.4) is 0 Å². The Morgan fingerprint density at radius 2 is 1.91 bits per heavy atom. The van der Waals surface area contributed by atoms with Crippen molar-refractivity contribution < 1.29 is 19.8 Å². The molecule has 0 saturated heterocycles. The Bertz CT molecular complexity index is 746. The number of pyridine rings is 1. The number of nitrogens with two attached hydrogens (primary N) is 1. The number of benzene rings is 1. The number of aliphatic carboxylic acids is 2. The van der Waals surface area contributed by atoms with E-state index < -0.39 is 11.9 Å².